The Balaban J connectivity index is 1.65. The first-order valence-electron chi connectivity index (χ1n) is 9.75. The summed E-state index contributed by atoms with van der Waals surface area (Å²) in [5.41, 5.74) is 1.47. The zero-order valence-electron chi connectivity index (χ0n) is 17.2. The Kier molecular flexibility index (Phi) is 5.77. The van der Waals surface area contributed by atoms with Crippen LogP contribution in [0, 0.1) is 31.3 Å². The van der Waals surface area contributed by atoms with Crippen LogP contribution in [-0.4, -0.2) is 16.0 Å². The number of hydrogen-bond acceptors (Lipinski definition) is 4. The quantitative estimate of drug-likeness (QED) is 0.461. The molecular weight excluding hydrogens is 419 g/mol. The smallest absolute Gasteiger partial charge is 0.252 e. The van der Waals surface area contributed by atoms with Gasteiger partial charge in [-0.05, 0) is 48.4 Å². The van der Waals surface area contributed by atoms with E-state index in [0.717, 1.165) is 6.07 Å². The number of carbonyl (C=O) groups excluding carboxylic acids is 1. The molecule has 0 radical (unpaired) electrons. The van der Waals surface area contributed by atoms with Crippen LogP contribution in [0.1, 0.15) is 39.2 Å². The molecule has 0 spiro atoms. The van der Waals surface area contributed by atoms with Crippen molar-refractivity contribution in [2.75, 3.05) is 0 Å². The normalized spacial score (nSPS) is 11.9. The van der Waals surface area contributed by atoms with Gasteiger partial charge in [-0.3, -0.25) is 4.79 Å². The van der Waals surface area contributed by atoms with Crippen molar-refractivity contribution in [2.24, 2.45) is 0 Å². The number of amides is 1. The second kappa shape index (κ2) is 8.66. The molecule has 4 aromatic rings. The van der Waals surface area contributed by atoms with Gasteiger partial charge in [0.05, 0.1) is 0 Å². The highest BCUT2D eigenvalue weighted by Gasteiger charge is 2.25. The molecule has 1 amide bonds. The molecule has 0 saturated heterocycles. The molecule has 1 heterocycles. The minimum absolute atomic E-state index is 0.0209. The fourth-order valence-corrected chi connectivity index (χ4v) is 3.44. The first-order valence-corrected chi connectivity index (χ1v) is 9.75. The molecule has 0 fully saturated rings. The van der Waals surface area contributed by atoms with E-state index >= 15 is 0 Å². The van der Waals surface area contributed by atoms with Crippen molar-refractivity contribution >= 4 is 5.91 Å². The number of nitrogens with one attached hydrogen (secondary N) is 1. The molecule has 0 saturated carbocycles. The summed E-state index contributed by atoms with van der Waals surface area (Å²) >= 11 is 0. The number of nitrogens with zero attached hydrogens (tertiary/aromatic N) is 2. The molecule has 8 heteroatoms. The maximum Gasteiger partial charge on any atom is 0.252 e. The van der Waals surface area contributed by atoms with Gasteiger partial charge in [0.2, 0.25) is 5.89 Å². The lowest BCUT2D eigenvalue weighted by Crippen LogP contribution is -2.30. The third-order valence-corrected chi connectivity index (χ3v) is 5.00. The Hall–Kier alpha value is -3.94. The topological polar surface area (TPSA) is 68.0 Å². The number of hydrogen-bond donors (Lipinski definition) is 1. The van der Waals surface area contributed by atoms with Crippen molar-refractivity contribution in [1.82, 2.24) is 15.5 Å². The Labute approximate surface area is 181 Å². The molecule has 1 aromatic heterocycles. The van der Waals surface area contributed by atoms with Gasteiger partial charge >= 0.3 is 0 Å². The summed E-state index contributed by atoms with van der Waals surface area (Å²) < 4.78 is 47.6. The average molecular weight is 437 g/mol. The minimum atomic E-state index is -1.04. The third-order valence-electron chi connectivity index (χ3n) is 5.00. The Bertz CT molecular complexity index is 1300. The van der Waals surface area contributed by atoms with Crippen LogP contribution >= 0.6 is 0 Å². The highest BCUT2D eigenvalue weighted by molar-refractivity contribution is 5.95. The zero-order valence-corrected chi connectivity index (χ0v) is 17.2. The van der Waals surface area contributed by atoms with Gasteiger partial charge in [-0.25, -0.2) is 13.2 Å². The first kappa shape index (κ1) is 21.3. The largest absolute Gasteiger partial charge is 0.340 e. The van der Waals surface area contributed by atoms with Crippen LogP contribution < -0.4 is 5.32 Å². The fourth-order valence-electron chi connectivity index (χ4n) is 3.44. The van der Waals surface area contributed by atoms with Crippen molar-refractivity contribution in [3.63, 3.8) is 0 Å². The van der Waals surface area contributed by atoms with Crippen molar-refractivity contribution in [1.29, 1.82) is 0 Å². The van der Waals surface area contributed by atoms with Crippen molar-refractivity contribution in [3.8, 4) is 11.1 Å². The van der Waals surface area contributed by atoms with Crippen LogP contribution in [0.5, 0.6) is 0 Å². The summed E-state index contributed by atoms with van der Waals surface area (Å²) in [5, 5.41) is 6.44. The number of benzene rings is 3. The maximum absolute atomic E-state index is 14.9. The van der Waals surface area contributed by atoms with Crippen LogP contribution in [0.25, 0.3) is 11.1 Å². The van der Waals surface area contributed by atoms with Crippen LogP contribution in [0.15, 0.2) is 65.2 Å². The molecule has 4 rings (SSSR count). The lowest BCUT2D eigenvalue weighted by Gasteiger charge is -2.17. The summed E-state index contributed by atoms with van der Waals surface area (Å²) in [6.07, 6.45) is 0. The summed E-state index contributed by atoms with van der Waals surface area (Å²) in [6.45, 7) is 3.24. The second-order valence-electron chi connectivity index (χ2n) is 7.25. The highest BCUT2D eigenvalue weighted by Crippen LogP contribution is 2.28. The molecule has 0 aliphatic carbocycles. The standard InChI is InChI=1S/C24H18F3N3O2/c1-13-11-16(25)8-10-17(13)18-9-7-15(12-21(18)27)24(31)29-22(23-28-14(2)32-30-23)19-5-3-4-6-20(19)26/h3-12,22H,1-2H3,(H,29,31)/t22-/m1/s1. The monoisotopic (exact) mass is 437 g/mol. The number of aromatic nitrogens is 2. The number of aryl methyl sites for hydroxylation is 2. The predicted molar refractivity (Wildman–Crippen MR) is 111 cm³/mol. The SMILES string of the molecule is Cc1nc([C@H](NC(=O)c2ccc(-c3ccc(F)cc3C)c(F)c2)c2ccccc2F)no1. The van der Waals surface area contributed by atoms with Crippen molar-refractivity contribution in [3.05, 3.63) is 107 Å². The predicted octanol–water partition coefficient (Wildman–Crippen LogP) is 5.29. The van der Waals surface area contributed by atoms with Gasteiger partial charge in [-0.15, -0.1) is 0 Å². The summed E-state index contributed by atoms with van der Waals surface area (Å²) in [4.78, 5) is 17.0. The Morgan fingerprint density at radius 2 is 1.69 bits per heavy atom. The number of carbonyl (C=O) groups is 1. The van der Waals surface area contributed by atoms with Crippen LogP contribution in [-0.2, 0) is 0 Å². The Morgan fingerprint density at radius 1 is 0.938 bits per heavy atom. The number of rotatable bonds is 5. The van der Waals surface area contributed by atoms with Crippen molar-refractivity contribution < 1.29 is 22.5 Å². The first-order chi connectivity index (χ1) is 15.3. The highest BCUT2D eigenvalue weighted by atomic mass is 19.1. The van der Waals surface area contributed by atoms with Gasteiger partial charge < -0.3 is 9.84 Å². The second-order valence-corrected chi connectivity index (χ2v) is 7.25. The molecule has 1 atom stereocenters. The molecule has 162 valence electrons. The molecule has 0 aliphatic heterocycles. The lowest BCUT2D eigenvalue weighted by atomic mass is 9.98. The molecule has 0 aliphatic rings. The van der Waals surface area contributed by atoms with Crippen LogP contribution in [0.3, 0.4) is 0 Å². The van der Waals surface area contributed by atoms with E-state index in [2.05, 4.69) is 15.5 Å². The lowest BCUT2D eigenvalue weighted by molar-refractivity contribution is 0.0940. The van der Waals surface area contributed by atoms with E-state index in [4.69, 9.17) is 4.52 Å². The molecule has 32 heavy (non-hydrogen) atoms. The summed E-state index contributed by atoms with van der Waals surface area (Å²) in [7, 11) is 0. The maximum atomic E-state index is 14.9. The van der Waals surface area contributed by atoms with Gasteiger partial charge in [0.1, 0.15) is 23.5 Å². The van der Waals surface area contributed by atoms with Gasteiger partial charge in [-0.2, -0.15) is 4.98 Å². The van der Waals surface area contributed by atoms with Crippen LogP contribution in [0.4, 0.5) is 13.2 Å². The van der Waals surface area contributed by atoms with E-state index < -0.39 is 29.4 Å². The number of halogens is 3. The van der Waals surface area contributed by atoms with E-state index in [-0.39, 0.29) is 28.4 Å². The van der Waals surface area contributed by atoms with E-state index in [0.29, 0.717) is 11.1 Å². The van der Waals surface area contributed by atoms with Gasteiger partial charge in [0.25, 0.3) is 5.91 Å². The molecule has 5 nitrogen and oxygen atoms in total. The fraction of sp³-hybridized carbons (Fsp3) is 0.125. The molecule has 0 bridgehead atoms. The molecular formula is C24H18F3N3O2. The third kappa shape index (κ3) is 4.25. The summed E-state index contributed by atoms with van der Waals surface area (Å²) in [5.74, 6) is -1.96. The molecule has 3 aromatic carbocycles. The van der Waals surface area contributed by atoms with E-state index in [1.807, 2.05) is 0 Å². The zero-order chi connectivity index (χ0) is 22.8. The minimum Gasteiger partial charge on any atom is -0.340 e. The van der Waals surface area contributed by atoms with Crippen molar-refractivity contribution in [2.45, 2.75) is 19.9 Å². The van der Waals surface area contributed by atoms with Gasteiger partial charge in [0, 0.05) is 23.6 Å². The average Bonchev–Trinajstić information content (AvgIpc) is 3.19. The van der Waals surface area contributed by atoms with E-state index in [9.17, 15) is 18.0 Å². The molecule has 1 N–H and O–H groups in total. The van der Waals surface area contributed by atoms with E-state index in [1.54, 1.807) is 19.9 Å². The van der Waals surface area contributed by atoms with Gasteiger partial charge in [-0.1, -0.05) is 35.5 Å². The van der Waals surface area contributed by atoms with E-state index in [1.165, 1.54) is 48.5 Å². The Morgan fingerprint density at radius 3 is 2.34 bits per heavy atom. The van der Waals surface area contributed by atoms with Crippen LogP contribution in [0.2, 0.25) is 0 Å². The molecule has 0 unspecified atom stereocenters. The summed E-state index contributed by atoms with van der Waals surface area (Å²) in [6, 6.07) is 12.8. The van der Waals surface area contributed by atoms with Gasteiger partial charge in [0.15, 0.2) is 5.82 Å².